The van der Waals surface area contributed by atoms with Crippen molar-refractivity contribution in [3.05, 3.63) is 0 Å². The van der Waals surface area contributed by atoms with Gasteiger partial charge in [-0.2, -0.15) is 12.6 Å². The third-order valence-electron chi connectivity index (χ3n) is 3.97. The lowest BCUT2D eigenvalue weighted by Gasteiger charge is -2.38. The summed E-state index contributed by atoms with van der Waals surface area (Å²) in [4.78, 5) is 5.24. The maximum atomic E-state index is 4.42. The summed E-state index contributed by atoms with van der Waals surface area (Å²) in [5, 5.41) is 0. The van der Waals surface area contributed by atoms with Crippen molar-refractivity contribution in [2.75, 3.05) is 38.5 Å². The van der Waals surface area contributed by atoms with E-state index in [1.807, 2.05) is 0 Å². The molecule has 0 radical (unpaired) electrons. The SMILES string of the molecule is CCC(CS)CN1CCN(C(C)CC)CC1. The van der Waals surface area contributed by atoms with E-state index >= 15 is 0 Å². The molecular formula is C13H28N2S. The summed E-state index contributed by atoms with van der Waals surface area (Å²) in [7, 11) is 0. The van der Waals surface area contributed by atoms with Crippen LogP contribution in [0.3, 0.4) is 0 Å². The Labute approximate surface area is 107 Å². The largest absolute Gasteiger partial charge is 0.300 e. The van der Waals surface area contributed by atoms with Crippen molar-refractivity contribution < 1.29 is 0 Å². The Bertz CT molecular complexity index is 175. The van der Waals surface area contributed by atoms with Crippen molar-refractivity contribution in [1.29, 1.82) is 0 Å². The van der Waals surface area contributed by atoms with Crippen LogP contribution in [-0.4, -0.2) is 54.3 Å². The molecule has 1 heterocycles. The Hall–Kier alpha value is 0.270. The summed E-state index contributed by atoms with van der Waals surface area (Å²) in [6.07, 6.45) is 2.53. The van der Waals surface area contributed by atoms with E-state index in [0.29, 0.717) is 0 Å². The summed E-state index contributed by atoms with van der Waals surface area (Å²) >= 11 is 4.42. The van der Waals surface area contributed by atoms with Gasteiger partial charge in [-0.1, -0.05) is 20.3 Å². The van der Waals surface area contributed by atoms with E-state index in [0.717, 1.165) is 17.7 Å². The fourth-order valence-corrected chi connectivity index (χ4v) is 2.70. The van der Waals surface area contributed by atoms with Crippen molar-refractivity contribution in [3.63, 3.8) is 0 Å². The molecule has 0 N–H and O–H groups in total. The van der Waals surface area contributed by atoms with Gasteiger partial charge in [-0.05, 0) is 25.0 Å². The van der Waals surface area contributed by atoms with Gasteiger partial charge in [0.1, 0.15) is 0 Å². The second-order valence-electron chi connectivity index (χ2n) is 5.05. The van der Waals surface area contributed by atoms with Crippen LogP contribution in [0.1, 0.15) is 33.6 Å². The highest BCUT2D eigenvalue weighted by molar-refractivity contribution is 7.80. The van der Waals surface area contributed by atoms with Gasteiger partial charge in [0.25, 0.3) is 0 Å². The Morgan fingerprint density at radius 1 is 1.06 bits per heavy atom. The smallest absolute Gasteiger partial charge is 0.0113 e. The molecule has 0 aliphatic carbocycles. The second kappa shape index (κ2) is 7.57. The molecule has 0 aromatic rings. The maximum Gasteiger partial charge on any atom is 0.0113 e. The molecule has 1 rings (SSSR count). The second-order valence-corrected chi connectivity index (χ2v) is 5.42. The zero-order valence-corrected chi connectivity index (χ0v) is 12.0. The summed E-state index contributed by atoms with van der Waals surface area (Å²) in [5.74, 6) is 1.81. The van der Waals surface area contributed by atoms with Gasteiger partial charge < -0.3 is 4.90 Å². The third kappa shape index (κ3) is 4.27. The van der Waals surface area contributed by atoms with Gasteiger partial charge in [-0.15, -0.1) is 0 Å². The van der Waals surface area contributed by atoms with Crippen molar-refractivity contribution in [1.82, 2.24) is 9.80 Å². The number of rotatable bonds is 6. The lowest BCUT2D eigenvalue weighted by atomic mass is 10.1. The van der Waals surface area contributed by atoms with Crippen LogP contribution in [0.4, 0.5) is 0 Å². The van der Waals surface area contributed by atoms with E-state index in [9.17, 15) is 0 Å². The third-order valence-corrected chi connectivity index (χ3v) is 4.49. The van der Waals surface area contributed by atoms with Crippen molar-refractivity contribution >= 4 is 12.6 Å². The zero-order valence-electron chi connectivity index (χ0n) is 11.2. The van der Waals surface area contributed by atoms with E-state index in [2.05, 4.69) is 43.2 Å². The van der Waals surface area contributed by atoms with Crippen LogP contribution >= 0.6 is 12.6 Å². The first-order valence-electron chi connectivity index (χ1n) is 6.78. The molecule has 1 aliphatic heterocycles. The molecule has 0 bridgehead atoms. The molecule has 3 heteroatoms. The first-order valence-corrected chi connectivity index (χ1v) is 7.41. The van der Waals surface area contributed by atoms with Crippen LogP contribution in [0, 0.1) is 5.92 Å². The lowest BCUT2D eigenvalue weighted by molar-refractivity contribution is 0.0918. The van der Waals surface area contributed by atoms with E-state index in [4.69, 9.17) is 0 Å². The highest BCUT2D eigenvalue weighted by Gasteiger charge is 2.21. The van der Waals surface area contributed by atoms with Crippen LogP contribution in [0.2, 0.25) is 0 Å². The lowest BCUT2D eigenvalue weighted by Crippen LogP contribution is -2.50. The van der Waals surface area contributed by atoms with Crippen LogP contribution in [0.15, 0.2) is 0 Å². The summed E-state index contributed by atoms with van der Waals surface area (Å²) in [5.41, 5.74) is 0. The molecule has 1 aliphatic rings. The van der Waals surface area contributed by atoms with E-state index < -0.39 is 0 Å². The molecule has 16 heavy (non-hydrogen) atoms. The van der Waals surface area contributed by atoms with Gasteiger partial charge in [0.2, 0.25) is 0 Å². The number of nitrogens with zero attached hydrogens (tertiary/aromatic N) is 2. The summed E-state index contributed by atoms with van der Waals surface area (Å²) in [6.45, 7) is 13.1. The minimum Gasteiger partial charge on any atom is -0.300 e. The number of piperazine rings is 1. The summed E-state index contributed by atoms with van der Waals surface area (Å²) < 4.78 is 0. The fraction of sp³-hybridized carbons (Fsp3) is 1.00. The fourth-order valence-electron chi connectivity index (χ4n) is 2.33. The van der Waals surface area contributed by atoms with Gasteiger partial charge in [-0.25, -0.2) is 0 Å². The molecular weight excluding hydrogens is 216 g/mol. The molecule has 0 aromatic heterocycles. The summed E-state index contributed by atoms with van der Waals surface area (Å²) in [6, 6.07) is 0.758. The van der Waals surface area contributed by atoms with Crippen LogP contribution < -0.4 is 0 Å². The minimum absolute atomic E-state index is 0.758. The van der Waals surface area contributed by atoms with Crippen LogP contribution in [-0.2, 0) is 0 Å². The molecule has 2 nitrogen and oxygen atoms in total. The van der Waals surface area contributed by atoms with Crippen LogP contribution in [0.25, 0.3) is 0 Å². The first-order chi connectivity index (χ1) is 7.71. The number of hydrogen-bond donors (Lipinski definition) is 1. The van der Waals surface area contributed by atoms with E-state index in [1.165, 1.54) is 45.6 Å². The number of thiol groups is 1. The molecule has 2 atom stereocenters. The van der Waals surface area contributed by atoms with Gasteiger partial charge in [0.15, 0.2) is 0 Å². The average molecular weight is 244 g/mol. The molecule has 0 spiro atoms. The standard InChI is InChI=1S/C13H28N2S/c1-4-12(3)15-8-6-14(7-9-15)10-13(5-2)11-16/h12-13,16H,4-11H2,1-3H3. The highest BCUT2D eigenvalue weighted by Crippen LogP contribution is 2.12. The van der Waals surface area contributed by atoms with Crippen molar-refractivity contribution in [2.45, 2.75) is 39.7 Å². The van der Waals surface area contributed by atoms with Gasteiger partial charge >= 0.3 is 0 Å². The van der Waals surface area contributed by atoms with E-state index in [-0.39, 0.29) is 0 Å². The quantitative estimate of drug-likeness (QED) is 0.717. The molecule has 0 amide bonds. The van der Waals surface area contributed by atoms with Crippen molar-refractivity contribution in [2.24, 2.45) is 5.92 Å². The monoisotopic (exact) mass is 244 g/mol. The predicted molar refractivity (Wildman–Crippen MR) is 75.4 cm³/mol. The van der Waals surface area contributed by atoms with Gasteiger partial charge in [0, 0.05) is 38.8 Å². The average Bonchev–Trinajstić information content (AvgIpc) is 2.35. The van der Waals surface area contributed by atoms with Crippen molar-refractivity contribution in [3.8, 4) is 0 Å². The molecule has 1 saturated heterocycles. The Morgan fingerprint density at radius 2 is 1.69 bits per heavy atom. The van der Waals surface area contributed by atoms with Gasteiger partial charge in [0.05, 0.1) is 0 Å². The van der Waals surface area contributed by atoms with Gasteiger partial charge in [-0.3, -0.25) is 4.90 Å². The van der Waals surface area contributed by atoms with Crippen LogP contribution in [0.5, 0.6) is 0 Å². The number of hydrogen-bond acceptors (Lipinski definition) is 3. The zero-order chi connectivity index (χ0) is 12.0. The molecule has 0 saturated carbocycles. The molecule has 0 aromatic carbocycles. The topological polar surface area (TPSA) is 6.48 Å². The normalized spacial score (nSPS) is 23.2. The maximum absolute atomic E-state index is 4.42. The first kappa shape index (κ1) is 14.3. The Morgan fingerprint density at radius 3 is 2.12 bits per heavy atom. The minimum atomic E-state index is 0.758. The molecule has 2 unspecified atom stereocenters. The molecule has 1 fully saturated rings. The highest BCUT2D eigenvalue weighted by atomic mass is 32.1. The Kier molecular flexibility index (Phi) is 6.78. The Balaban J connectivity index is 2.26. The molecule has 96 valence electrons. The van der Waals surface area contributed by atoms with E-state index in [1.54, 1.807) is 0 Å². The predicted octanol–water partition coefficient (Wildman–Crippen LogP) is 2.36.